The zero-order valence-electron chi connectivity index (χ0n) is 16.4. The summed E-state index contributed by atoms with van der Waals surface area (Å²) in [6.45, 7) is -0.727. The van der Waals surface area contributed by atoms with Crippen LogP contribution in [0.25, 0.3) is 10.9 Å². The van der Waals surface area contributed by atoms with E-state index in [0.29, 0.717) is 15.7 Å². The Labute approximate surface area is 191 Å². The molecule has 184 valence electrons. The van der Waals surface area contributed by atoms with E-state index >= 15 is 0 Å². The van der Waals surface area contributed by atoms with Gasteiger partial charge in [0.25, 0.3) is 10.4 Å². The number of aliphatic hydroxyl groups is 4. The number of benzene rings is 1. The summed E-state index contributed by atoms with van der Waals surface area (Å²) in [5.74, 6) is 0. The van der Waals surface area contributed by atoms with Crippen molar-refractivity contribution in [3.05, 3.63) is 36.0 Å². The molecule has 1 aliphatic heterocycles. The van der Waals surface area contributed by atoms with E-state index in [1.165, 1.54) is 18.2 Å². The summed E-state index contributed by atoms with van der Waals surface area (Å²) < 4.78 is 77.1. The van der Waals surface area contributed by atoms with Crippen molar-refractivity contribution >= 4 is 48.4 Å². The van der Waals surface area contributed by atoms with Crippen molar-refractivity contribution in [1.29, 1.82) is 0 Å². The van der Waals surface area contributed by atoms with E-state index in [9.17, 15) is 46.4 Å². The van der Waals surface area contributed by atoms with Gasteiger partial charge >= 0.3 is 0 Å². The van der Waals surface area contributed by atoms with Crippen molar-refractivity contribution in [2.45, 2.75) is 36.3 Å². The van der Waals surface area contributed by atoms with Crippen LogP contribution in [0.1, 0.15) is 5.56 Å². The highest BCUT2D eigenvalue weighted by atomic mass is 32.3. The number of ether oxygens (including phenoxy) is 1. The first-order valence-electron chi connectivity index (χ1n) is 9.05. The van der Waals surface area contributed by atoms with E-state index in [-0.39, 0.29) is 21.5 Å². The first-order chi connectivity index (χ1) is 15.3. The monoisotopic (exact) mass is 526 g/mol. The second-order valence-electron chi connectivity index (χ2n) is 6.88. The number of aromatic nitrogens is 1. The maximum absolute atomic E-state index is 11.6. The zero-order valence-corrected chi connectivity index (χ0v) is 18.8. The largest absolute Gasteiger partial charge is 0.731 e. The molecule has 4 N–H and O–H groups in total. The minimum Gasteiger partial charge on any atom is -0.731 e. The van der Waals surface area contributed by atoms with Crippen molar-refractivity contribution < 1.29 is 55.4 Å². The van der Waals surface area contributed by atoms with Gasteiger partial charge in [-0.25, -0.2) is 8.42 Å². The van der Waals surface area contributed by atoms with E-state index < -0.39 is 63.6 Å². The molecule has 5 atom stereocenters. The molecule has 1 aromatic heterocycles. The molecular weight excluding hydrogens is 508 g/mol. The molecule has 2 aromatic rings. The van der Waals surface area contributed by atoms with Crippen LogP contribution in [0.4, 0.5) is 0 Å². The molecule has 0 aliphatic carbocycles. The summed E-state index contributed by atoms with van der Waals surface area (Å²) in [6, 6.07) is 5.87. The molecule has 1 aromatic carbocycles. The number of rotatable bonds is 7. The Hall–Kier alpha value is -1.80. The molecule has 33 heavy (non-hydrogen) atoms. The highest BCUT2D eigenvalue weighted by Crippen LogP contribution is 2.32. The number of oxime groups is 1. The van der Waals surface area contributed by atoms with Crippen molar-refractivity contribution in [2.75, 3.05) is 6.61 Å². The number of nitrogens with zero attached hydrogens (tertiary/aromatic N) is 2. The molecule has 0 unspecified atom stereocenters. The van der Waals surface area contributed by atoms with Gasteiger partial charge in [-0.2, -0.15) is 8.42 Å². The van der Waals surface area contributed by atoms with Crippen LogP contribution in [-0.2, 0) is 36.1 Å². The third-order valence-corrected chi connectivity index (χ3v) is 6.83. The molecule has 0 saturated carbocycles. The van der Waals surface area contributed by atoms with Gasteiger partial charge in [-0.3, -0.25) is 8.26 Å². The number of fused-ring (bicyclic) bond motifs is 1. The Morgan fingerprint density at radius 1 is 1.12 bits per heavy atom. The second-order valence-corrected chi connectivity index (χ2v) is 10.3. The Bertz CT molecular complexity index is 1240. The van der Waals surface area contributed by atoms with E-state index in [2.05, 4.69) is 9.44 Å². The van der Waals surface area contributed by atoms with Crippen LogP contribution in [-0.4, -0.2) is 91.8 Å². The van der Waals surface area contributed by atoms with E-state index in [1.54, 1.807) is 6.07 Å². The van der Waals surface area contributed by atoms with Gasteiger partial charge in [0.15, 0.2) is 10.3 Å². The molecule has 0 radical (unpaired) electrons. The van der Waals surface area contributed by atoms with Crippen LogP contribution in [0.3, 0.4) is 0 Å². The minimum atomic E-state index is -5.30. The molecular formula is C16H18N2O12S3-2. The summed E-state index contributed by atoms with van der Waals surface area (Å²) in [4.78, 5) is 0. The third-order valence-electron chi connectivity index (χ3n) is 4.67. The van der Waals surface area contributed by atoms with Gasteiger partial charge in [0.2, 0.25) is 0 Å². The molecule has 1 fully saturated rings. The lowest BCUT2D eigenvalue weighted by Crippen LogP contribution is -2.57. The molecule has 1 saturated heterocycles. The zero-order chi connectivity index (χ0) is 24.6. The maximum Gasteiger partial charge on any atom is 0.284 e. The normalized spacial score (nSPS) is 27.1. The van der Waals surface area contributed by atoms with Crippen LogP contribution < -0.4 is 0 Å². The predicted octanol–water partition coefficient (Wildman–Crippen LogP) is -2.18. The van der Waals surface area contributed by atoms with Crippen LogP contribution in [0, 0.1) is 0 Å². The van der Waals surface area contributed by atoms with Gasteiger partial charge in [0.05, 0.1) is 12.1 Å². The predicted molar refractivity (Wildman–Crippen MR) is 110 cm³/mol. The number of para-hydroxylation sites is 1. The average molecular weight is 527 g/mol. The van der Waals surface area contributed by atoms with Crippen molar-refractivity contribution in [1.82, 2.24) is 3.97 Å². The fourth-order valence-electron chi connectivity index (χ4n) is 3.19. The molecule has 17 heteroatoms. The topological polar surface area (TPSA) is 231 Å². The Kier molecular flexibility index (Phi) is 7.68. The van der Waals surface area contributed by atoms with E-state index in [1.807, 2.05) is 0 Å². The lowest BCUT2D eigenvalue weighted by Gasteiger charge is -2.39. The first kappa shape index (κ1) is 25.8. The lowest BCUT2D eigenvalue weighted by atomic mass is 10.0. The van der Waals surface area contributed by atoms with Gasteiger partial charge in [-0.1, -0.05) is 35.1 Å². The van der Waals surface area contributed by atoms with Crippen LogP contribution in [0.5, 0.6) is 0 Å². The van der Waals surface area contributed by atoms with Gasteiger partial charge in [-0.15, -0.1) is 0 Å². The number of hydrogen-bond donors (Lipinski definition) is 4. The quantitative estimate of drug-likeness (QED) is 0.0989. The SMILES string of the molecule is O=S(=O)([O-])ON=C(Cc1cn(S(=O)(=O)[O-])c2ccccc12)S[C@@H]1O[C@H](CO)[C@H](O)[C@H](O)[C@H]1O. The second kappa shape index (κ2) is 9.82. The van der Waals surface area contributed by atoms with Crippen molar-refractivity contribution in [3.8, 4) is 0 Å². The molecule has 14 nitrogen and oxygen atoms in total. The van der Waals surface area contributed by atoms with Gasteiger partial charge in [0, 0.05) is 18.0 Å². The van der Waals surface area contributed by atoms with Gasteiger partial charge in [0.1, 0.15) is 34.9 Å². The fourth-order valence-corrected chi connectivity index (χ4v) is 5.16. The summed E-state index contributed by atoms with van der Waals surface area (Å²) in [6.07, 6.45) is -5.82. The molecule has 1 aliphatic rings. The standard InChI is InChI=1S/C16H20N2O12S3/c19-7-11-13(20)14(21)15(22)16(29-11)31-12(17-30-33(26,27)28)5-8-6-18(32(23,24)25)10-4-2-1-3-9(8)10/h1-4,6,11,13-16,19-22H,5,7H2,(H,23,24,25)(H,26,27,28)/p-2/t11-,13+,14+,15-,16+/m1/s1. The molecule has 3 rings (SSSR count). The fraction of sp³-hybridized carbons (Fsp3) is 0.438. The van der Waals surface area contributed by atoms with Crippen LogP contribution in [0.2, 0.25) is 0 Å². The molecule has 2 heterocycles. The summed E-state index contributed by atoms with van der Waals surface area (Å²) in [7, 11) is -10.2. The minimum absolute atomic E-state index is 0.0251. The first-order valence-corrected chi connectivity index (χ1v) is 12.6. The summed E-state index contributed by atoms with van der Waals surface area (Å²) >= 11 is 0.490. The van der Waals surface area contributed by atoms with Gasteiger partial charge in [-0.05, 0) is 11.6 Å². The Morgan fingerprint density at radius 2 is 1.79 bits per heavy atom. The van der Waals surface area contributed by atoms with Gasteiger partial charge < -0.3 is 34.3 Å². The number of hydrogen-bond acceptors (Lipinski definition) is 14. The van der Waals surface area contributed by atoms with Crippen LogP contribution >= 0.6 is 11.8 Å². The van der Waals surface area contributed by atoms with E-state index in [4.69, 9.17) is 4.74 Å². The Balaban J connectivity index is 1.98. The highest BCUT2D eigenvalue weighted by molar-refractivity contribution is 8.14. The molecule has 0 spiro atoms. The number of aliphatic hydroxyl groups excluding tert-OH is 4. The maximum atomic E-state index is 11.6. The number of thioether (sulfide) groups is 1. The summed E-state index contributed by atoms with van der Waals surface area (Å²) in [5.41, 5.74) is -1.22. The van der Waals surface area contributed by atoms with E-state index in [0.717, 1.165) is 6.20 Å². The van der Waals surface area contributed by atoms with Crippen molar-refractivity contribution in [3.63, 3.8) is 0 Å². The lowest BCUT2D eigenvalue weighted by molar-refractivity contribution is -0.205. The average Bonchev–Trinajstić information content (AvgIpc) is 3.11. The van der Waals surface area contributed by atoms with Crippen molar-refractivity contribution in [2.24, 2.45) is 5.16 Å². The highest BCUT2D eigenvalue weighted by Gasteiger charge is 2.44. The Morgan fingerprint density at radius 3 is 2.39 bits per heavy atom. The summed E-state index contributed by atoms with van der Waals surface area (Å²) in [5, 5.41) is 42.5. The van der Waals surface area contributed by atoms with Crippen LogP contribution in [0.15, 0.2) is 35.6 Å². The smallest absolute Gasteiger partial charge is 0.284 e. The molecule has 0 bridgehead atoms. The molecule has 0 amide bonds. The third kappa shape index (κ3) is 6.01.